The van der Waals surface area contributed by atoms with Crippen LogP contribution in [0.15, 0.2) is 11.1 Å². The average Bonchev–Trinajstić information content (AvgIpc) is 3.08. The molecule has 2 fully saturated rings. The molecule has 2 aliphatic heterocycles. The normalized spacial score (nSPS) is 32.5. The van der Waals surface area contributed by atoms with Crippen LogP contribution in [0.3, 0.4) is 0 Å². The van der Waals surface area contributed by atoms with Crippen LogP contribution < -0.4 is 5.73 Å². The zero-order chi connectivity index (χ0) is 16.4. The third kappa shape index (κ3) is 2.25. The molecule has 0 radical (unpaired) electrons. The lowest BCUT2D eigenvalue weighted by molar-refractivity contribution is -0.196. The fourth-order valence-corrected chi connectivity index (χ4v) is 3.87. The summed E-state index contributed by atoms with van der Waals surface area (Å²) in [6.45, 7) is 5.90. The lowest BCUT2D eigenvalue weighted by atomic mass is 10.1. The number of hydrogen-bond acceptors (Lipinski definition) is 7. The van der Waals surface area contributed by atoms with E-state index in [0.717, 1.165) is 6.42 Å². The zero-order valence-corrected chi connectivity index (χ0v) is 14.6. The molecule has 0 aliphatic carbocycles. The van der Waals surface area contributed by atoms with Gasteiger partial charge in [-0.15, -0.1) is 0 Å². The van der Waals surface area contributed by atoms with Crippen LogP contribution in [0.1, 0.15) is 33.4 Å². The lowest BCUT2D eigenvalue weighted by Gasteiger charge is -2.24. The van der Waals surface area contributed by atoms with Crippen molar-refractivity contribution in [2.75, 3.05) is 5.73 Å². The summed E-state index contributed by atoms with van der Waals surface area (Å²) in [5, 5.41) is 0. The molecule has 4 rings (SSSR count). The summed E-state index contributed by atoms with van der Waals surface area (Å²) in [4.78, 5) is 12.7. The fraction of sp³-hybridized carbons (Fsp3) is 0.643. The number of anilines is 1. The Balaban J connectivity index is 1.82. The van der Waals surface area contributed by atoms with Gasteiger partial charge in [-0.3, -0.25) is 4.57 Å². The van der Waals surface area contributed by atoms with Gasteiger partial charge in [-0.2, -0.15) is 0 Å². The van der Waals surface area contributed by atoms with Gasteiger partial charge in [0.1, 0.15) is 18.5 Å². The van der Waals surface area contributed by atoms with Crippen LogP contribution in [0.5, 0.6) is 0 Å². The van der Waals surface area contributed by atoms with Crippen molar-refractivity contribution in [2.24, 2.45) is 0 Å². The van der Waals surface area contributed by atoms with E-state index in [-0.39, 0.29) is 24.5 Å². The molecule has 0 spiro atoms. The van der Waals surface area contributed by atoms with E-state index in [1.54, 1.807) is 0 Å². The van der Waals surface area contributed by atoms with Crippen LogP contribution in [0.2, 0.25) is 0 Å². The van der Waals surface area contributed by atoms with Crippen molar-refractivity contribution in [2.45, 2.75) is 57.5 Å². The lowest BCUT2D eigenvalue weighted by Crippen LogP contribution is -2.28. The first-order valence-electron chi connectivity index (χ1n) is 7.56. The van der Waals surface area contributed by atoms with Crippen LogP contribution >= 0.6 is 15.9 Å². The molecule has 8 nitrogen and oxygen atoms in total. The van der Waals surface area contributed by atoms with Crippen molar-refractivity contribution in [3.8, 4) is 0 Å². The molecule has 0 bridgehead atoms. The first kappa shape index (κ1) is 15.3. The first-order valence-corrected chi connectivity index (χ1v) is 8.35. The van der Waals surface area contributed by atoms with Gasteiger partial charge in [-0.1, -0.05) is 6.92 Å². The second-order valence-corrected chi connectivity index (χ2v) is 6.93. The first-order chi connectivity index (χ1) is 10.9. The van der Waals surface area contributed by atoms with Crippen molar-refractivity contribution in [1.82, 2.24) is 19.5 Å². The van der Waals surface area contributed by atoms with Crippen LogP contribution in [0, 0.1) is 0 Å². The predicted octanol–water partition coefficient (Wildman–Crippen LogP) is 2.00. The Morgan fingerprint density at radius 3 is 2.78 bits per heavy atom. The maximum Gasteiger partial charge on any atom is 0.181 e. The highest BCUT2D eigenvalue weighted by Gasteiger charge is 2.55. The average molecular weight is 384 g/mol. The molecular weight excluding hydrogens is 366 g/mol. The van der Waals surface area contributed by atoms with Crippen molar-refractivity contribution >= 4 is 32.9 Å². The number of nitrogens with zero attached hydrogens (tertiary/aromatic N) is 4. The van der Waals surface area contributed by atoms with Crippen molar-refractivity contribution in [1.29, 1.82) is 0 Å². The Bertz CT molecular complexity index is 764. The zero-order valence-electron chi connectivity index (χ0n) is 13.1. The summed E-state index contributed by atoms with van der Waals surface area (Å²) in [6.07, 6.45) is 1.46. The molecule has 9 heteroatoms. The smallest absolute Gasteiger partial charge is 0.181 e. The van der Waals surface area contributed by atoms with Gasteiger partial charge in [0.2, 0.25) is 0 Å². The summed E-state index contributed by atoms with van der Waals surface area (Å²) >= 11 is 3.47. The number of ether oxygens (including phenoxy) is 3. The Morgan fingerprint density at radius 2 is 2.04 bits per heavy atom. The number of hydrogen-bond donors (Lipinski definition) is 1. The number of imidazole rings is 1. The summed E-state index contributed by atoms with van der Waals surface area (Å²) in [5.74, 6) is -0.304. The minimum absolute atomic E-state index is 0.0460. The second-order valence-electron chi connectivity index (χ2n) is 6.22. The van der Waals surface area contributed by atoms with Gasteiger partial charge >= 0.3 is 0 Å². The molecule has 0 amide bonds. The van der Waals surface area contributed by atoms with E-state index in [4.69, 9.17) is 19.9 Å². The Morgan fingerprint density at radius 1 is 1.30 bits per heavy atom. The monoisotopic (exact) mass is 383 g/mol. The van der Waals surface area contributed by atoms with Crippen molar-refractivity contribution in [3.05, 3.63) is 11.1 Å². The van der Waals surface area contributed by atoms with E-state index in [9.17, 15) is 0 Å². The van der Waals surface area contributed by atoms with Crippen LogP contribution in [0.25, 0.3) is 11.2 Å². The number of nitrogens with two attached hydrogens (primary N) is 1. The van der Waals surface area contributed by atoms with Crippen LogP contribution in [0.4, 0.5) is 5.82 Å². The molecule has 23 heavy (non-hydrogen) atoms. The topological polar surface area (TPSA) is 97.3 Å². The molecule has 0 aromatic carbocycles. The van der Waals surface area contributed by atoms with Gasteiger partial charge in [-0.25, -0.2) is 15.0 Å². The van der Waals surface area contributed by atoms with Gasteiger partial charge < -0.3 is 19.9 Å². The molecular formula is C14H18BrN5O3. The molecule has 2 saturated heterocycles. The Labute approximate surface area is 141 Å². The van der Waals surface area contributed by atoms with E-state index < -0.39 is 5.79 Å². The maximum absolute atomic E-state index is 6.19. The Hall–Kier alpha value is -1.29. The molecule has 2 aromatic rings. The highest BCUT2D eigenvalue weighted by Crippen LogP contribution is 2.45. The summed E-state index contributed by atoms with van der Waals surface area (Å²) < 4.78 is 20.7. The third-order valence-electron chi connectivity index (χ3n) is 4.24. The second kappa shape index (κ2) is 5.10. The van der Waals surface area contributed by atoms with Crippen molar-refractivity contribution < 1.29 is 14.2 Å². The number of rotatable bonds is 2. The molecule has 2 aromatic heterocycles. The minimum atomic E-state index is -0.637. The predicted molar refractivity (Wildman–Crippen MR) is 85.5 cm³/mol. The molecule has 4 atom stereocenters. The summed E-state index contributed by atoms with van der Waals surface area (Å²) in [6, 6.07) is 0. The molecule has 0 saturated carbocycles. The molecule has 1 unspecified atom stereocenters. The van der Waals surface area contributed by atoms with Gasteiger partial charge in [0.25, 0.3) is 0 Å². The standard InChI is InChI=1S/C14H18BrN5O3/c1-4-6-8-9(23-14(2,3)22-8)12(21-6)20-11-7(19-13(20)15)10(16)17-5-18-11/h5-6,8-9,12H,4H2,1-3H3,(H2,16,17,18)/t6-,8?,9+,12-/m1/s1. The van der Waals surface area contributed by atoms with E-state index in [0.29, 0.717) is 21.7 Å². The minimum Gasteiger partial charge on any atom is -0.382 e. The maximum atomic E-state index is 6.19. The molecule has 2 N–H and O–H groups in total. The number of fused-ring (bicyclic) bond motifs is 2. The highest BCUT2D eigenvalue weighted by atomic mass is 79.9. The van der Waals surface area contributed by atoms with E-state index >= 15 is 0 Å². The largest absolute Gasteiger partial charge is 0.382 e. The number of halogens is 1. The van der Waals surface area contributed by atoms with Gasteiger partial charge in [0, 0.05) is 0 Å². The van der Waals surface area contributed by atoms with E-state index in [1.165, 1.54) is 6.33 Å². The quantitative estimate of drug-likeness (QED) is 0.791. The van der Waals surface area contributed by atoms with Crippen LogP contribution in [-0.4, -0.2) is 43.6 Å². The van der Waals surface area contributed by atoms with Gasteiger partial charge in [0.05, 0.1) is 6.10 Å². The summed E-state index contributed by atoms with van der Waals surface area (Å²) in [7, 11) is 0. The molecule has 124 valence electrons. The molecule has 4 heterocycles. The van der Waals surface area contributed by atoms with Crippen molar-refractivity contribution in [3.63, 3.8) is 0 Å². The van der Waals surface area contributed by atoms with E-state index in [2.05, 4.69) is 37.8 Å². The van der Waals surface area contributed by atoms with Gasteiger partial charge in [-0.05, 0) is 36.2 Å². The highest BCUT2D eigenvalue weighted by molar-refractivity contribution is 9.10. The third-order valence-corrected chi connectivity index (χ3v) is 4.80. The van der Waals surface area contributed by atoms with Crippen LogP contribution in [-0.2, 0) is 14.2 Å². The van der Waals surface area contributed by atoms with E-state index in [1.807, 2.05) is 18.4 Å². The number of aromatic nitrogens is 4. The Kier molecular flexibility index (Phi) is 3.38. The number of nitrogen functional groups attached to an aromatic ring is 1. The fourth-order valence-electron chi connectivity index (χ4n) is 3.32. The SMILES string of the molecule is CC[C@H]1O[C@@H](n2c(Br)nc3c(N)ncnc32)[C@H]2OC(C)(C)OC12. The molecule has 2 aliphatic rings. The summed E-state index contributed by atoms with van der Waals surface area (Å²) in [5.41, 5.74) is 7.04. The van der Waals surface area contributed by atoms with Gasteiger partial charge in [0.15, 0.2) is 33.7 Å².